The van der Waals surface area contributed by atoms with Gasteiger partial charge in [0.2, 0.25) is 0 Å². The Morgan fingerprint density at radius 3 is 2.61 bits per heavy atom. The summed E-state index contributed by atoms with van der Waals surface area (Å²) in [6.07, 6.45) is 0.638. The van der Waals surface area contributed by atoms with Crippen LogP contribution in [-0.2, 0) is 4.79 Å². The first-order valence-electron chi connectivity index (χ1n) is 6.84. The molecule has 0 saturated heterocycles. The lowest BCUT2D eigenvalue weighted by molar-refractivity contribution is -0.123. The van der Waals surface area contributed by atoms with Crippen LogP contribution in [0.2, 0.25) is 0 Å². The van der Waals surface area contributed by atoms with E-state index in [9.17, 15) is 14.4 Å². The van der Waals surface area contributed by atoms with E-state index in [0.717, 1.165) is 0 Å². The quantitative estimate of drug-likeness (QED) is 0.644. The van der Waals surface area contributed by atoms with Crippen molar-refractivity contribution >= 4 is 18.1 Å². The smallest absolute Gasteiger partial charge is 0.276 e. The molecular weight excluding hydrogens is 300 g/mol. The van der Waals surface area contributed by atoms with Crippen LogP contribution >= 0.6 is 0 Å². The van der Waals surface area contributed by atoms with E-state index in [2.05, 4.69) is 10.9 Å². The zero-order chi connectivity index (χ0) is 16.8. The summed E-state index contributed by atoms with van der Waals surface area (Å²) in [7, 11) is 0. The van der Waals surface area contributed by atoms with Crippen LogP contribution in [0.25, 0.3) is 0 Å². The third kappa shape index (κ3) is 4.19. The highest BCUT2D eigenvalue weighted by Crippen LogP contribution is 2.15. The fourth-order valence-corrected chi connectivity index (χ4v) is 1.94. The van der Waals surface area contributed by atoms with Gasteiger partial charge in [0.25, 0.3) is 11.8 Å². The lowest BCUT2D eigenvalue weighted by Gasteiger charge is -2.09. The van der Waals surface area contributed by atoms with Crippen LogP contribution < -0.4 is 15.6 Å². The number of aldehydes is 1. The Kier molecular flexibility index (Phi) is 5.14. The van der Waals surface area contributed by atoms with Gasteiger partial charge < -0.3 is 9.15 Å². The number of para-hydroxylation sites is 1. The number of carbonyl (C=O) groups is 3. The minimum Gasteiger partial charge on any atom is -0.483 e. The number of ether oxygens (including phenoxy) is 1. The molecule has 0 unspecified atom stereocenters. The molecule has 1 aromatic carbocycles. The van der Waals surface area contributed by atoms with Crippen LogP contribution in [0, 0.1) is 13.8 Å². The molecule has 2 N–H and O–H groups in total. The molecule has 2 amide bonds. The molecule has 1 heterocycles. The lowest BCUT2D eigenvalue weighted by atomic mass is 10.2. The highest BCUT2D eigenvalue weighted by molar-refractivity contribution is 5.96. The Hall–Kier alpha value is -3.09. The molecule has 0 aliphatic carbocycles. The maximum atomic E-state index is 11.9. The molecule has 0 aliphatic heterocycles. The summed E-state index contributed by atoms with van der Waals surface area (Å²) in [5.74, 6) is 0.321. The number of nitrogens with one attached hydrogen (secondary N) is 2. The van der Waals surface area contributed by atoms with Crippen molar-refractivity contribution in [2.24, 2.45) is 0 Å². The zero-order valence-corrected chi connectivity index (χ0v) is 12.7. The molecular formula is C16H16N2O5. The summed E-state index contributed by atoms with van der Waals surface area (Å²) in [4.78, 5) is 34.4. The lowest BCUT2D eigenvalue weighted by Crippen LogP contribution is -2.43. The van der Waals surface area contributed by atoms with Gasteiger partial charge in [-0.05, 0) is 32.0 Å². The van der Waals surface area contributed by atoms with E-state index in [1.807, 2.05) is 0 Å². The third-order valence-corrected chi connectivity index (χ3v) is 3.01. The van der Waals surface area contributed by atoms with Gasteiger partial charge in [-0.2, -0.15) is 0 Å². The number of hydrazine groups is 1. The van der Waals surface area contributed by atoms with Gasteiger partial charge in [0.15, 0.2) is 12.9 Å². The average Bonchev–Trinajstić information content (AvgIpc) is 2.89. The van der Waals surface area contributed by atoms with Crippen molar-refractivity contribution in [2.45, 2.75) is 13.8 Å². The number of carbonyl (C=O) groups excluding carboxylic acids is 3. The first-order valence-corrected chi connectivity index (χ1v) is 6.84. The van der Waals surface area contributed by atoms with Gasteiger partial charge >= 0.3 is 0 Å². The first-order chi connectivity index (χ1) is 11.0. The molecule has 0 fully saturated rings. The summed E-state index contributed by atoms with van der Waals surface area (Å²) in [5.41, 5.74) is 5.19. The molecule has 23 heavy (non-hydrogen) atoms. The van der Waals surface area contributed by atoms with Gasteiger partial charge in [0.05, 0.1) is 11.1 Å². The van der Waals surface area contributed by atoms with Crippen molar-refractivity contribution in [3.05, 3.63) is 53.0 Å². The van der Waals surface area contributed by atoms with Crippen LogP contribution in [0.4, 0.5) is 0 Å². The second-order valence-electron chi connectivity index (χ2n) is 4.77. The number of aryl methyl sites for hydroxylation is 2. The second kappa shape index (κ2) is 7.26. The number of amides is 2. The number of rotatable bonds is 5. The SMILES string of the molecule is Cc1cc(C(=O)NNC(=O)COc2ccccc2C=O)c(C)o1. The molecule has 0 radical (unpaired) electrons. The number of hydrogen-bond acceptors (Lipinski definition) is 5. The highest BCUT2D eigenvalue weighted by Gasteiger charge is 2.14. The van der Waals surface area contributed by atoms with Gasteiger partial charge in [0.1, 0.15) is 17.3 Å². The van der Waals surface area contributed by atoms with Gasteiger partial charge in [-0.3, -0.25) is 25.2 Å². The molecule has 2 rings (SSSR count). The molecule has 7 heteroatoms. The highest BCUT2D eigenvalue weighted by atomic mass is 16.5. The van der Waals surface area contributed by atoms with Gasteiger partial charge in [0, 0.05) is 0 Å². The monoisotopic (exact) mass is 316 g/mol. The maximum Gasteiger partial charge on any atom is 0.276 e. The number of furan rings is 1. The van der Waals surface area contributed by atoms with Crippen LogP contribution in [0.15, 0.2) is 34.7 Å². The Bertz CT molecular complexity index is 736. The fourth-order valence-electron chi connectivity index (χ4n) is 1.94. The maximum absolute atomic E-state index is 11.9. The van der Waals surface area contributed by atoms with Crippen molar-refractivity contribution in [1.82, 2.24) is 10.9 Å². The van der Waals surface area contributed by atoms with E-state index >= 15 is 0 Å². The van der Waals surface area contributed by atoms with Gasteiger partial charge in [-0.1, -0.05) is 12.1 Å². The zero-order valence-electron chi connectivity index (χ0n) is 12.7. The Morgan fingerprint density at radius 1 is 1.22 bits per heavy atom. The van der Waals surface area contributed by atoms with Crippen molar-refractivity contribution < 1.29 is 23.5 Å². The predicted octanol–water partition coefficient (Wildman–Crippen LogP) is 1.55. The van der Waals surface area contributed by atoms with Crippen LogP contribution in [-0.4, -0.2) is 24.7 Å². The third-order valence-electron chi connectivity index (χ3n) is 3.01. The number of benzene rings is 1. The predicted molar refractivity (Wildman–Crippen MR) is 81.1 cm³/mol. The van der Waals surface area contributed by atoms with Crippen molar-refractivity contribution in [1.29, 1.82) is 0 Å². The summed E-state index contributed by atoms with van der Waals surface area (Å²) in [5, 5.41) is 0. The van der Waals surface area contributed by atoms with Crippen molar-refractivity contribution in [3.63, 3.8) is 0 Å². The standard InChI is InChI=1S/C16H16N2O5/c1-10-7-13(11(2)23-10)16(21)18-17-15(20)9-22-14-6-4-3-5-12(14)8-19/h3-8H,9H2,1-2H3,(H,17,20)(H,18,21). The van der Waals surface area contributed by atoms with Gasteiger partial charge in [-0.25, -0.2) is 0 Å². The van der Waals surface area contributed by atoms with E-state index in [1.54, 1.807) is 44.2 Å². The summed E-state index contributed by atoms with van der Waals surface area (Å²) >= 11 is 0. The first kappa shape index (κ1) is 16.3. The van der Waals surface area contributed by atoms with Gasteiger partial charge in [-0.15, -0.1) is 0 Å². The Labute approximate surface area is 132 Å². The minimum atomic E-state index is -0.558. The van der Waals surface area contributed by atoms with Crippen molar-refractivity contribution in [3.8, 4) is 5.75 Å². The molecule has 0 saturated carbocycles. The fraction of sp³-hybridized carbons (Fsp3) is 0.188. The second-order valence-corrected chi connectivity index (χ2v) is 4.77. The minimum absolute atomic E-state index is 0.297. The molecule has 120 valence electrons. The van der Waals surface area contributed by atoms with Crippen LogP contribution in [0.3, 0.4) is 0 Å². The largest absolute Gasteiger partial charge is 0.483 e. The van der Waals surface area contributed by atoms with E-state index in [1.165, 1.54) is 0 Å². The summed E-state index contributed by atoms with van der Waals surface area (Å²) < 4.78 is 10.5. The van der Waals surface area contributed by atoms with E-state index in [-0.39, 0.29) is 6.61 Å². The van der Waals surface area contributed by atoms with E-state index in [4.69, 9.17) is 9.15 Å². The molecule has 0 aliphatic rings. The molecule has 0 atom stereocenters. The molecule has 2 aromatic rings. The molecule has 7 nitrogen and oxygen atoms in total. The average molecular weight is 316 g/mol. The molecule has 0 bridgehead atoms. The van der Waals surface area contributed by atoms with E-state index in [0.29, 0.717) is 34.7 Å². The summed E-state index contributed by atoms with van der Waals surface area (Å²) in [6, 6.07) is 8.10. The molecule has 1 aromatic heterocycles. The Balaban J connectivity index is 1.84. The molecule has 0 spiro atoms. The van der Waals surface area contributed by atoms with Crippen molar-refractivity contribution in [2.75, 3.05) is 6.61 Å². The van der Waals surface area contributed by atoms with Crippen LogP contribution in [0.5, 0.6) is 5.75 Å². The topological polar surface area (TPSA) is 97.6 Å². The van der Waals surface area contributed by atoms with E-state index < -0.39 is 11.8 Å². The number of hydrogen-bond donors (Lipinski definition) is 2. The normalized spacial score (nSPS) is 10.0. The summed E-state index contributed by atoms with van der Waals surface area (Å²) in [6.45, 7) is 3.04. The Morgan fingerprint density at radius 2 is 1.96 bits per heavy atom. The van der Waals surface area contributed by atoms with Crippen LogP contribution in [0.1, 0.15) is 32.2 Å².